The predicted octanol–water partition coefficient (Wildman–Crippen LogP) is 2.57. The van der Waals surface area contributed by atoms with E-state index < -0.39 is 0 Å². The number of halogens is 1. The highest BCUT2D eigenvalue weighted by Crippen LogP contribution is 2.33. The molecule has 7 heteroatoms. The van der Waals surface area contributed by atoms with Crippen molar-refractivity contribution in [3.8, 4) is 11.4 Å². The van der Waals surface area contributed by atoms with Crippen LogP contribution in [0.3, 0.4) is 0 Å². The lowest BCUT2D eigenvalue weighted by Crippen LogP contribution is -2.11. The normalized spacial score (nSPS) is 14.1. The molecule has 104 valence electrons. The maximum atomic E-state index is 6.51. The predicted molar refractivity (Wildman–Crippen MR) is 79.8 cm³/mol. The van der Waals surface area contributed by atoms with E-state index in [0.29, 0.717) is 29.2 Å². The topological polar surface area (TPSA) is 73.9 Å². The molecule has 0 saturated heterocycles. The van der Waals surface area contributed by atoms with Crippen LogP contribution in [-0.2, 0) is 17.8 Å². The number of thioether (sulfide) groups is 1. The lowest BCUT2D eigenvalue weighted by Gasteiger charge is -2.19. The van der Waals surface area contributed by atoms with E-state index in [4.69, 9.17) is 22.1 Å². The Morgan fingerprint density at radius 3 is 2.95 bits per heavy atom. The van der Waals surface area contributed by atoms with Crippen LogP contribution < -0.4 is 5.73 Å². The molecule has 0 fully saturated rings. The van der Waals surface area contributed by atoms with E-state index in [1.54, 1.807) is 0 Å². The molecule has 0 atom stereocenters. The molecule has 5 nitrogen and oxygen atoms in total. The Kier molecular flexibility index (Phi) is 3.78. The molecule has 1 aromatic heterocycles. The van der Waals surface area contributed by atoms with Gasteiger partial charge in [-0.1, -0.05) is 29.4 Å². The summed E-state index contributed by atoms with van der Waals surface area (Å²) in [6.45, 7) is 1.29. The first-order chi connectivity index (χ1) is 9.69. The van der Waals surface area contributed by atoms with Gasteiger partial charge in [-0.3, -0.25) is 0 Å². The van der Waals surface area contributed by atoms with E-state index in [9.17, 15) is 0 Å². The monoisotopic (exact) mass is 308 g/mol. The molecular formula is C13H13ClN4OS. The Hall–Kier alpha value is -1.37. The second-order valence-electron chi connectivity index (χ2n) is 4.37. The van der Waals surface area contributed by atoms with Gasteiger partial charge in [-0.05, 0) is 29.9 Å². The summed E-state index contributed by atoms with van der Waals surface area (Å²) >= 11 is 7.93. The van der Waals surface area contributed by atoms with Crippen molar-refractivity contribution in [1.82, 2.24) is 15.0 Å². The van der Waals surface area contributed by atoms with Crippen molar-refractivity contribution in [1.29, 1.82) is 0 Å². The van der Waals surface area contributed by atoms with Gasteiger partial charge in [-0.2, -0.15) is 9.97 Å². The van der Waals surface area contributed by atoms with E-state index in [1.807, 2.05) is 18.4 Å². The van der Waals surface area contributed by atoms with E-state index in [0.717, 1.165) is 23.1 Å². The fourth-order valence-corrected chi connectivity index (χ4v) is 2.91. The average Bonchev–Trinajstić information content (AvgIpc) is 2.47. The summed E-state index contributed by atoms with van der Waals surface area (Å²) in [6.07, 6.45) is 2.70. The van der Waals surface area contributed by atoms with E-state index in [-0.39, 0.29) is 5.95 Å². The summed E-state index contributed by atoms with van der Waals surface area (Å²) in [4.78, 5) is 12.6. The van der Waals surface area contributed by atoms with Gasteiger partial charge in [0.2, 0.25) is 5.95 Å². The van der Waals surface area contributed by atoms with Crippen LogP contribution in [0.1, 0.15) is 11.1 Å². The van der Waals surface area contributed by atoms with Gasteiger partial charge in [0.15, 0.2) is 11.0 Å². The van der Waals surface area contributed by atoms with Gasteiger partial charge in [0.05, 0.1) is 18.2 Å². The van der Waals surface area contributed by atoms with Crippen molar-refractivity contribution in [2.75, 3.05) is 18.6 Å². The third-order valence-electron chi connectivity index (χ3n) is 3.15. The first kappa shape index (κ1) is 13.6. The van der Waals surface area contributed by atoms with Crippen LogP contribution in [0.4, 0.5) is 5.95 Å². The van der Waals surface area contributed by atoms with E-state index >= 15 is 0 Å². The summed E-state index contributed by atoms with van der Waals surface area (Å²) in [6, 6.07) is 3.92. The first-order valence-corrected chi connectivity index (χ1v) is 7.73. The Labute approximate surface area is 125 Å². The number of rotatable bonds is 2. The lowest BCUT2D eigenvalue weighted by atomic mass is 10.00. The van der Waals surface area contributed by atoms with Gasteiger partial charge in [0.25, 0.3) is 0 Å². The molecule has 0 aliphatic carbocycles. The van der Waals surface area contributed by atoms with Crippen LogP contribution in [-0.4, -0.2) is 27.8 Å². The van der Waals surface area contributed by atoms with Crippen LogP contribution in [0.2, 0.25) is 5.02 Å². The van der Waals surface area contributed by atoms with Crippen molar-refractivity contribution in [3.05, 3.63) is 28.3 Å². The molecule has 0 unspecified atom stereocenters. The summed E-state index contributed by atoms with van der Waals surface area (Å²) in [5, 5.41) is 1.27. The van der Waals surface area contributed by atoms with Gasteiger partial charge >= 0.3 is 0 Å². The van der Waals surface area contributed by atoms with Crippen molar-refractivity contribution < 1.29 is 4.74 Å². The first-order valence-electron chi connectivity index (χ1n) is 6.13. The number of fused-ring (bicyclic) bond motifs is 1. The molecule has 20 heavy (non-hydrogen) atoms. The molecule has 0 radical (unpaired) electrons. The van der Waals surface area contributed by atoms with Crippen LogP contribution in [0.25, 0.3) is 11.4 Å². The van der Waals surface area contributed by atoms with E-state index in [1.165, 1.54) is 11.8 Å². The van der Waals surface area contributed by atoms with Crippen molar-refractivity contribution in [3.63, 3.8) is 0 Å². The molecule has 0 spiro atoms. The van der Waals surface area contributed by atoms with Crippen LogP contribution >= 0.6 is 23.4 Å². The molecule has 0 bridgehead atoms. The second-order valence-corrected chi connectivity index (χ2v) is 5.52. The third-order valence-corrected chi connectivity index (χ3v) is 4.13. The molecule has 2 heterocycles. The molecule has 0 amide bonds. The number of anilines is 1. The fraction of sp³-hybridized carbons (Fsp3) is 0.308. The lowest BCUT2D eigenvalue weighted by molar-refractivity contribution is 0.111. The zero-order chi connectivity index (χ0) is 14.1. The molecule has 2 aromatic rings. The van der Waals surface area contributed by atoms with Crippen LogP contribution in [0.15, 0.2) is 17.3 Å². The van der Waals surface area contributed by atoms with Crippen molar-refractivity contribution >= 4 is 29.3 Å². The average molecular weight is 309 g/mol. The minimum absolute atomic E-state index is 0.205. The second kappa shape index (κ2) is 5.55. The molecule has 0 saturated carbocycles. The molecular weight excluding hydrogens is 296 g/mol. The largest absolute Gasteiger partial charge is 0.376 e. The van der Waals surface area contributed by atoms with Gasteiger partial charge in [0, 0.05) is 5.56 Å². The maximum absolute atomic E-state index is 6.51. The summed E-state index contributed by atoms with van der Waals surface area (Å²) < 4.78 is 5.43. The number of hydrogen-bond acceptors (Lipinski definition) is 6. The molecule has 1 aromatic carbocycles. The Morgan fingerprint density at radius 1 is 1.30 bits per heavy atom. The molecule has 2 N–H and O–H groups in total. The highest BCUT2D eigenvalue weighted by atomic mass is 35.5. The minimum Gasteiger partial charge on any atom is -0.376 e. The minimum atomic E-state index is 0.205. The number of benzene rings is 1. The van der Waals surface area contributed by atoms with E-state index in [2.05, 4.69) is 15.0 Å². The van der Waals surface area contributed by atoms with Gasteiger partial charge in [-0.15, -0.1) is 0 Å². The smallest absolute Gasteiger partial charge is 0.224 e. The van der Waals surface area contributed by atoms with Crippen LogP contribution in [0, 0.1) is 0 Å². The molecule has 1 aliphatic heterocycles. The number of nitrogens with zero attached hydrogens (tertiary/aromatic N) is 3. The number of nitrogen functional groups attached to an aromatic ring is 1. The van der Waals surface area contributed by atoms with Gasteiger partial charge in [-0.25, -0.2) is 4.98 Å². The van der Waals surface area contributed by atoms with Gasteiger partial charge in [0.1, 0.15) is 0 Å². The van der Waals surface area contributed by atoms with Crippen molar-refractivity contribution in [2.45, 2.75) is 18.2 Å². The summed E-state index contributed by atoms with van der Waals surface area (Å²) in [5.74, 6) is 0.720. The number of hydrogen-bond donors (Lipinski definition) is 1. The zero-order valence-electron chi connectivity index (χ0n) is 10.9. The van der Waals surface area contributed by atoms with Crippen molar-refractivity contribution in [2.24, 2.45) is 0 Å². The van der Waals surface area contributed by atoms with Crippen LogP contribution in [0.5, 0.6) is 0 Å². The standard InChI is InChI=1S/C13H13ClN4OS/c1-20-13-17-11(16-12(15)18-13)9-3-2-7-6-19-5-4-8(7)10(9)14/h2-3H,4-6H2,1H3,(H2,15,16,17,18). The Bertz CT molecular complexity index is 665. The number of nitrogens with two attached hydrogens (primary N) is 1. The number of aromatic nitrogens is 3. The molecule has 3 rings (SSSR count). The zero-order valence-corrected chi connectivity index (χ0v) is 12.5. The Balaban J connectivity index is 2.13. The highest BCUT2D eigenvalue weighted by molar-refractivity contribution is 7.98. The van der Waals surface area contributed by atoms with Gasteiger partial charge < -0.3 is 10.5 Å². The summed E-state index contributed by atoms with van der Waals surface area (Å²) in [5.41, 5.74) is 8.74. The third kappa shape index (κ3) is 2.46. The number of ether oxygens (including phenoxy) is 1. The summed E-state index contributed by atoms with van der Waals surface area (Å²) in [7, 11) is 0. The Morgan fingerprint density at radius 2 is 2.15 bits per heavy atom. The SMILES string of the molecule is CSc1nc(N)nc(-c2ccc3c(c2Cl)CCOC3)n1. The highest BCUT2D eigenvalue weighted by Gasteiger charge is 2.18. The fourth-order valence-electron chi connectivity index (χ4n) is 2.18. The quantitative estimate of drug-likeness (QED) is 0.860. The maximum Gasteiger partial charge on any atom is 0.224 e. The molecule has 1 aliphatic rings.